The van der Waals surface area contributed by atoms with Gasteiger partial charge < -0.3 is 15.0 Å². The fourth-order valence-electron chi connectivity index (χ4n) is 1.75. The number of nitrogens with one attached hydrogen (secondary N) is 1. The van der Waals surface area contributed by atoms with Gasteiger partial charge in [0.1, 0.15) is 0 Å². The largest absolute Gasteiger partial charge is 0.463 e. The Morgan fingerprint density at radius 3 is 2.59 bits per heavy atom. The van der Waals surface area contributed by atoms with Crippen molar-refractivity contribution in [2.45, 2.75) is 20.8 Å². The summed E-state index contributed by atoms with van der Waals surface area (Å²) in [6.07, 6.45) is 3.26. The van der Waals surface area contributed by atoms with Crippen LogP contribution in [0.3, 0.4) is 0 Å². The highest BCUT2D eigenvalue weighted by Crippen LogP contribution is 2.13. The maximum atomic E-state index is 11.0. The average Bonchev–Trinajstić information content (AvgIpc) is 2.15. The van der Waals surface area contributed by atoms with Gasteiger partial charge in [-0.2, -0.15) is 0 Å². The van der Waals surface area contributed by atoms with Gasteiger partial charge in [0.25, 0.3) is 0 Å². The number of hydrogen-bond donors (Lipinski definition) is 1. The van der Waals surface area contributed by atoms with Crippen LogP contribution in [0.1, 0.15) is 20.8 Å². The Bertz CT molecular complexity index is 248. The normalized spacial score (nSPS) is 12.4. The van der Waals surface area contributed by atoms with Gasteiger partial charge in [-0.25, -0.2) is 4.79 Å². The highest BCUT2D eigenvalue weighted by Gasteiger charge is 2.17. The lowest BCUT2D eigenvalue weighted by atomic mass is 9.93. The molecular weight excluding hydrogens is 216 g/mol. The molecule has 0 heterocycles. The third-order valence-electron chi connectivity index (χ3n) is 2.15. The van der Waals surface area contributed by atoms with Crippen LogP contribution in [0.15, 0.2) is 12.2 Å². The molecule has 0 aliphatic carbocycles. The van der Waals surface area contributed by atoms with Crippen LogP contribution in [0.25, 0.3) is 0 Å². The number of esters is 1. The molecule has 4 nitrogen and oxygen atoms in total. The second-order valence-corrected chi connectivity index (χ2v) is 5.19. The number of carbonyl (C=O) groups excluding carboxylic acids is 1. The van der Waals surface area contributed by atoms with Crippen LogP contribution in [-0.4, -0.2) is 51.2 Å². The molecule has 0 saturated heterocycles. The summed E-state index contributed by atoms with van der Waals surface area (Å²) >= 11 is 0. The third-order valence-corrected chi connectivity index (χ3v) is 2.15. The van der Waals surface area contributed by atoms with Crippen LogP contribution < -0.4 is 5.32 Å². The molecule has 0 saturated carbocycles. The van der Waals surface area contributed by atoms with Gasteiger partial charge in [-0.15, -0.1) is 0 Å². The molecule has 0 aliphatic heterocycles. The number of ether oxygens (including phenoxy) is 1. The Kier molecular flexibility index (Phi) is 7.83. The molecule has 0 atom stereocenters. The van der Waals surface area contributed by atoms with E-state index in [0.29, 0.717) is 13.2 Å². The highest BCUT2D eigenvalue weighted by atomic mass is 16.5. The average molecular weight is 242 g/mol. The van der Waals surface area contributed by atoms with E-state index in [0.717, 1.165) is 13.1 Å². The summed E-state index contributed by atoms with van der Waals surface area (Å²) in [5, 5.41) is 3.31. The van der Waals surface area contributed by atoms with Gasteiger partial charge in [-0.1, -0.05) is 19.9 Å². The van der Waals surface area contributed by atoms with Gasteiger partial charge in [-0.3, -0.25) is 0 Å². The van der Waals surface area contributed by atoms with Crippen molar-refractivity contribution in [2.75, 3.05) is 40.3 Å². The fourth-order valence-corrected chi connectivity index (χ4v) is 1.75. The molecule has 0 bridgehead atoms. The smallest absolute Gasteiger partial charge is 0.330 e. The van der Waals surface area contributed by atoms with Gasteiger partial charge in [0.05, 0.1) is 6.61 Å². The zero-order chi connectivity index (χ0) is 13.3. The lowest BCUT2D eigenvalue weighted by molar-refractivity contribution is -0.137. The van der Waals surface area contributed by atoms with Crippen molar-refractivity contribution in [3.05, 3.63) is 12.2 Å². The van der Waals surface area contributed by atoms with Crippen LogP contribution in [0.2, 0.25) is 0 Å². The third kappa shape index (κ3) is 10.0. The van der Waals surface area contributed by atoms with Crippen molar-refractivity contribution in [3.63, 3.8) is 0 Å². The molecule has 4 heteroatoms. The van der Waals surface area contributed by atoms with Crippen LogP contribution in [0.4, 0.5) is 0 Å². The molecular formula is C13H26N2O2. The lowest BCUT2D eigenvalue weighted by Gasteiger charge is -2.28. The summed E-state index contributed by atoms with van der Waals surface area (Å²) in [6, 6.07) is 0. The van der Waals surface area contributed by atoms with E-state index in [9.17, 15) is 4.79 Å². The maximum Gasteiger partial charge on any atom is 0.330 e. The van der Waals surface area contributed by atoms with Crippen LogP contribution >= 0.6 is 0 Å². The number of hydrogen-bond acceptors (Lipinski definition) is 4. The lowest BCUT2D eigenvalue weighted by Crippen LogP contribution is -2.37. The minimum absolute atomic E-state index is 0.223. The van der Waals surface area contributed by atoms with Crippen molar-refractivity contribution < 1.29 is 9.53 Å². The second-order valence-electron chi connectivity index (χ2n) is 5.19. The van der Waals surface area contributed by atoms with Gasteiger partial charge in [0.2, 0.25) is 0 Å². The summed E-state index contributed by atoms with van der Waals surface area (Å²) in [6.45, 7) is 9.29. The summed E-state index contributed by atoms with van der Waals surface area (Å²) in [4.78, 5) is 13.2. The standard InChI is InChI=1S/C13H26N2O2/c1-6-17-12(16)8-7-9-14-10-13(2,3)11-15(4)5/h7-8,14H,6,9-11H2,1-5H3/b8-7+. The Morgan fingerprint density at radius 1 is 1.41 bits per heavy atom. The summed E-state index contributed by atoms with van der Waals surface area (Å²) in [5.74, 6) is -0.276. The number of carbonyl (C=O) groups is 1. The van der Waals surface area contributed by atoms with E-state index >= 15 is 0 Å². The Balaban J connectivity index is 3.73. The first-order valence-electron chi connectivity index (χ1n) is 6.06. The van der Waals surface area contributed by atoms with E-state index in [4.69, 9.17) is 4.74 Å². The fraction of sp³-hybridized carbons (Fsp3) is 0.769. The van der Waals surface area contributed by atoms with E-state index in [1.165, 1.54) is 6.08 Å². The first kappa shape index (κ1) is 16.1. The molecule has 1 N–H and O–H groups in total. The maximum absolute atomic E-state index is 11.0. The molecule has 0 amide bonds. The number of rotatable bonds is 8. The zero-order valence-corrected chi connectivity index (χ0v) is 11.7. The Labute approximate surface area is 105 Å². The SMILES string of the molecule is CCOC(=O)/C=C/CNCC(C)(C)CN(C)C. The first-order valence-corrected chi connectivity index (χ1v) is 6.06. The second kappa shape index (κ2) is 8.25. The molecule has 0 spiro atoms. The monoisotopic (exact) mass is 242 g/mol. The summed E-state index contributed by atoms with van der Waals surface area (Å²) < 4.78 is 4.78. The summed E-state index contributed by atoms with van der Waals surface area (Å²) in [7, 11) is 4.14. The molecule has 0 fully saturated rings. The first-order chi connectivity index (χ1) is 7.87. The van der Waals surface area contributed by atoms with Crippen molar-refractivity contribution >= 4 is 5.97 Å². The van der Waals surface area contributed by atoms with E-state index < -0.39 is 0 Å². The molecule has 0 aromatic rings. The van der Waals surface area contributed by atoms with Gasteiger partial charge >= 0.3 is 5.97 Å². The van der Waals surface area contributed by atoms with Gasteiger partial charge in [-0.05, 0) is 26.4 Å². The van der Waals surface area contributed by atoms with E-state index in [1.54, 1.807) is 13.0 Å². The minimum atomic E-state index is -0.276. The molecule has 0 radical (unpaired) electrons. The molecule has 100 valence electrons. The van der Waals surface area contributed by atoms with Gasteiger partial charge in [0, 0.05) is 25.7 Å². The predicted molar refractivity (Wildman–Crippen MR) is 71.0 cm³/mol. The van der Waals surface area contributed by atoms with Crippen LogP contribution in [-0.2, 0) is 9.53 Å². The predicted octanol–water partition coefficient (Wildman–Crippen LogP) is 1.28. The highest BCUT2D eigenvalue weighted by molar-refractivity contribution is 5.81. The number of nitrogens with zero attached hydrogens (tertiary/aromatic N) is 1. The van der Waals surface area contributed by atoms with E-state index in [1.807, 2.05) is 0 Å². The minimum Gasteiger partial charge on any atom is -0.463 e. The van der Waals surface area contributed by atoms with Gasteiger partial charge in [0.15, 0.2) is 0 Å². The van der Waals surface area contributed by atoms with E-state index in [-0.39, 0.29) is 11.4 Å². The molecule has 0 aliphatic rings. The molecule has 0 aromatic carbocycles. The molecule has 0 unspecified atom stereocenters. The molecule has 0 aromatic heterocycles. The van der Waals surface area contributed by atoms with Crippen molar-refractivity contribution in [2.24, 2.45) is 5.41 Å². The van der Waals surface area contributed by atoms with Crippen LogP contribution in [0.5, 0.6) is 0 Å². The quantitative estimate of drug-likeness (QED) is 0.395. The van der Waals surface area contributed by atoms with Crippen molar-refractivity contribution in [1.82, 2.24) is 10.2 Å². The van der Waals surface area contributed by atoms with E-state index in [2.05, 4.69) is 38.2 Å². The molecule has 0 rings (SSSR count). The van der Waals surface area contributed by atoms with Crippen LogP contribution in [0, 0.1) is 5.41 Å². The molecule has 17 heavy (non-hydrogen) atoms. The Hall–Kier alpha value is -0.870. The zero-order valence-electron chi connectivity index (χ0n) is 11.7. The summed E-state index contributed by atoms with van der Waals surface area (Å²) in [5.41, 5.74) is 0.223. The topological polar surface area (TPSA) is 41.6 Å². The van der Waals surface area contributed by atoms with Crippen molar-refractivity contribution in [1.29, 1.82) is 0 Å². The van der Waals surface area contributed by atoms with Crippen molar-refractivity contribution in [3.8, 4) is 0 Å². The Morgan fingerprint density at radius 2 is 2.06 bits per heavy atom.